The minimum atomic E-state index is -0.968. The molecule has 1 N–H and O–H groups in total. The predicted molar refractivity (Wildman–Crippen MR) is 104 cm³/mol. The lowest BCUT2D eigenvalue weighted by Crippen LogP contribution is -2.29. The molecule has 2 aromatic carbocycles. The molecule has 2 aromatic rings. The van der Waals surface area contributed by atoms with Crippen molar-refractivity contribution in [1.29, 1.82) is 0 Å². The Morgan fingerprint density at radius 3 is 2.41 bits per heavy atom. The number of anilines is 1. The van der Waals surface area contributed by atoms with Gasteiger partial charge < -0.3 is 19.5 Å². The first-order valence-electron chi connectivity index (χ1n) is 8.10. The first-order valence-corrected chi connectivity index (χ1v) is 8.48. The van der Waals surface area contributed by atoms with Crippen LogP contribution < -0.4 is 14.8 Å². The lowest BCUT2D eigenvalue weighted by atomic mass is 10.1. The summed E-state index contributed by atoms with van der Waals surface area (Å²) in [5, 5.41) is 3.21. The molecule has 0 heterocycles. The summed E-state index contributed by atoms with van der Waals surface area (Å²) in [6.45, 7) is 1.49. The number of nitrogens with one attached hydrogen (secondary N) is 1. The molecule has 0 unspecified atom stereocenters. The van der Waals surface area contributed by atoms with Gasteiger partial charge in [0.15, 0.2) is 6.10 Å². The zero-order chi connectivity index (χ0) is 19.8. The average Bonchev–Trinajstić information content (AvgIpc) is 2.67. The van der Waals surface area contributed by atoms with Crippen LogP contribution in [-0.4, -0.2) is 32.2 Å². The van der Waals surface area contributed by atoms with E-state index in [4.69, 9.17) is 25.8 Å². The van der Waals surface area contributed by atoms with Crippen molar-refractivity contribution in [2.45, 2.75) is 13.0 Å². The van der Waals surface area contributed by atoms with Gasteiger partial charge in [-0.1, -0.05) is 11.6 Å². The minimum Gasteiger partial charge on any atom is -0.497 e. The van der Waals surface area contributed by atoms with Crippen LogP contribution in [0.1, 0.15) is 12.5 Å². The van der Waals surface area contributed by atoms with Gasteiger partial charge in [0.2, 0.25) is 0 Å². The second-order valence-electron chi connectivity index (χ2n) is 5.52. The number of hydrogen-bond donors (Lipinski definition) is 1. The van der Waals surface area contributed by atoms with Gasteiger partial charge in [-0.25, -0.2) is 4.79 Å². The summed E-state index contributed by atoms with van der Waals surface area (Å²) in [5.74, 6) is 0.101. The summed E-state index contributed by atoms with van der Waals surface area (Å²) >= 11 is 5.80. The molecule has 0 aliphatic carbocycles. The largest absolute Gasteiger partial charge is 0.497 e. The van der Waals surface area contributed by atoms with E-state index < -0.39 is 18.0 Å². The van der Waals surface area contributed by atoms with E-state index in [-0.39, 0.29) is 0 Å². The summed E-state index contributed by atoms with van der Waals surface area (Å²) in [5.41, 5.74) is 1.20. The Hall–Kier alpha value is -2.99. The second-order valence-corrected chi connectivity index (χ2v) is 5.95. The molecule has 0 aliphatic rings. The summed E-state index contributed by atoms with van der Waals surface area (Å²) in [4.78, 5) is 24.1. The monoisotopic (exact) mass is 389 g/mol. The van der Waals surface area contributed by atoms with E-state index in [1.54, 1.807) is 49.6 Å². The van der Waals surface area contributed by atoms with Gasteiger partial charge >= 0.3 is 5.97 Å². The number of rotatable bonds is 7. The number of esters is 1. The van der Waals surface area contributed by atoms with Crippen molar-refractivity contribution in [3.05, 3.63) is 59.1 Å². The van der Waals surface area contributed by atoms with Crippen LogP contribution in [0.2, 0.25) is 5.02 Å². The van der Waals surface area contributed by atoms with Crippen LogP contribution in [0.5, 0.6) is 11.5 Å². The zero-order valence-corrected chi connectivity index (χ0v) is 15.9. The molecule has 0 spiro atoms. The molecule has 142 valence electrons. The Morgan fingerprint density at radius 1 is 1.07 bits per heavy atom. The Balaban J connectivity index is 1.97. The van der Waals surface area contributed by atoms with Crippen LogP contribution in [-0.2, 0) is 14.3 Å². The molecule has 6 nitrogen and oxygen atoms in total. The third-order valence-electron chi connectivity index (χ3n) is 3.61. The van der Waals surface area contributed by atoms with Crippen molar-refractivity contribution >= 4 is 35.2 Å². The average molecular weight is 390 g/mol. The minimum absolute atomic E-state index is 0.446. The van der Waals surface area contributed by atoms with Crippen molar-refractivity contribution in [2.75, 3.05) is 19.5 Å². The molecule has 0 radical (unpaired) electrons. The number of amides is 1. The lowest BCUT2D eigenvalue weighted by molar-refractivity contribution is -0.148. The number of benzene rings is 2. The molecule has 1 amide bonds. The molecule has 0 saturated heterocycles. The van der Waals surface area contributed by atoms with Gasteiger partial charge in [0.1, 0.15) is 11.5 Å². The van der Waals surface area contributed by atoms with Crippen molar-refractivity contribution in [3.8, 4) is 11.5 Å². The maximum Gasteiger partial charge on any atom is 0.331 e. The molecule has 0 aromatic heterocycles. The first-order chi connectivity index (χ1) is 12.9. The highest BCUT2D eigenvalue weighted by Gasteiger charge is 2.16. The fraction of sp³-hybridized carbons (Fsp3) is 0.200. The number of carbonyl (C=O) groups is 2. The van der Waals surface area contributed by atoms with Crippen molar-refractivity contribution in [3.63, 3.8) is 0 Å². The van der Waals surface area contributed by atoms with E-state index >= 15 is 0 Å². The smallest absolute Gasteiger partial charge is 0.331 e. The number of hydrogen-bond acceptors (Lipinski definition) is 5. The summed E-state index contributed by atoms with van der Waals surface area (Å²) < 4.78 is 15.5. The highest BCUT2D eigenvalue weighted by atomic mass is 35.5. The summed E-state index contributed by atoms with van der Waals surface area (Å²) in [6, 6.07) is 11.8. The Kier molecular flexibility index (Phi) is 7.25. The third kappa shape index (κ3) is 6.04. The van der Waals surface area contributed by atoms with Crippen LogP contribution in [0.3, 0.4) is 0 Å². The van der Waals surface area contributed by atoms with Crippen LogP contribution in [0.15, 0.2) is 48.5 Å². The van der Waals surface area contributed by atoms with Gasteiger partial charge in [-0.3, -0.25) is 4.79 Å². The quantitative estimate of drug-likeness (QED) is 0.573. The fourth-order valence-electron chi connectivity index (χ4n) is 2.17. The molecular formula is C20H20ClNO5. The van der Waals surface area contributed by atoms with E-state index in [1.165, 1.54) is 26.2 Å². The van der Waals surface area contributed by atoms with Crippen molar-refractivity contribution in [1.82, 2.24) is 0 Å². The van der Waals surface area contributed by atoms with Crippen LogP contribution in [0.25, 0.3) is 6.08 Å². The number of ether oxygens (including phenoxy) is 3. The van der Waals surface area contributed by atoms with Crippen LogP contribution in [0.4, 0.5) is 5.69 Å². The van der Waals surface area contributed by atoms with E-state index in [9.17, 15) is 9.59 Å². The van der Waals surface area contributed by atoms with Gasteiger partial charge in [0, 0.05) is 22.3 Å². The second kappa shape index (κ2) is 9.64. The van der Waals surface area contributed by atoms with Crippen LogP contribution >= 0.6 is 11.6 Å². The molecule has 0 fully saturated rings. The van der Waals surface area contributed by atoms with Crippen molar-refractivity contribution < 1.29 is 23.8 Å². The highest BCUT2D eigenvalue weighted by molar-refractivity contribution is 6.30. The Morgan fingerprint density at radius 2 is 1.78 bits per heavy atom. The van der Waals surface area contributed by atoms with Gasteiger partial charge in [0.05, 0.1) is 14.2 Å². The molecule has 0 saturated carbocycles. The third-order valence-corrected chi connectivity index (χ3v) is 3.86. The van der Waals surface area contributed by atoms with E-state index in [2.05, 4.69) is 5.32 Å². The molecule has 7 heteroatoms. The van der Waals surface area contributed by atoms with Crippen molar-refractivity contribution in [2.24, 2.45) is 0 Å². The fourth-order valence-corrected chi connectivity index (χ4v) is 2.30. The molecule has 27 heavy (non-hydrogen) atoms. The molecule has 2 rings (SSSR count). The summed E-state index contributed by atoms with van der Waals surface area (Å²) in [6.07, 6.45) is 1.79. The van der Waals surface area contributed by atoms with Gasteiger partial charge in [-0.15, -0.1) is 0 Å². The highest BCUT2D eigenvalue weighted by Crippen LogP contribution is 2.25. The number of halogens is 1. The Bertz CT molecular complexity index is 833. The number of methoxy groups -OCH3 is 2. The standard InChI is InChI=1S/C20H20ClNO5/c1-13(20(24)22-16-7-5-15(21)6-8-16)27-19(23)11-4-14-12-17(25-2)9-10-18(14)26-3/h4-13H,1-3H3,(H,22,24)/b11-4+/t13-/m0/s1. The molecule has 0 bridgehead atoms. The van der Waals surface area contributed by atoms with E-state index in [0.717, 1.165) is 0 Å². The Labute approximate surface area is 162 Å². The summed E-state index contributed by atoms with van der Waals surface area (Å²) in [7, 11) is 3.07. The van der Waals surface area contributed by atoms with E-state index in [1.807, 2.05) is 0 Å². The van der Waals surface area contributed by atoms with Gasteiger partial charge in [-0.05, 0) is 55.5 Å². The lowest BCUT2D eigenvalue weighted by Gasteiger charge is -2.12. The van der Waals surface area contributed by atoms with Gasteiger partial charge in [-0.2, -0.15) is 0 Å². The zero-order valence-electron chi connectivity index (χ0n) is 15.2. The normalized spacial score (nSPS) is 11.7. The number of carbonyl (C=O) groups excluding carboxylic acids is 2. The van der Waals surface area contributed by atoms with Gasteiger partial charge in [0.25, 0.3) is 5.91 Å². The van der Waals surface area contributed by atoms with Crippen LogP contribution in [0, 0.1) is 0 Å². The molecule has 0 aliphatic heterocycles. The van der Waals surface area contributed by atoms with E-state index in [0.29, 0.717) is 27.8 Å². The first kappa shape index (κ1) is 20.3. The maximum atomic E-state index is 12.1. The maximum absolute atomic E-state index is 12.1. The molecule has 1 atom stereocenters. The predicted octanol–water partition coefficient (Wildman–Crippen LogP) is 3.94. The topological polar surface area (TPSA) is 73.9 Å². The molecular weight excluding hydrogens is 370 g/mol. The SMILES string of the molecule is COc1ccc(OC)c(/C=C/C(=O)O[C@@H](C)C(=O)Nc2ccc(Cl)cc2)c1.